The second-order valence-electron chi connectivity index (χ2n) is 9.23. The molecule has 11 heteroatoms. The van der Waals surface area contributed by atoms with E-state index in [0.717, 1.165) is 25.7 Å². The molecule has 1 aromatic carbocycles. The van der Waals surface area contributed by atoms with Crippen LogP contribution in [0.4, 0.5) is 4.79 Å². The van der Waals surface area contributed by atoms with Gasteiger partial charge in [-0.1, -0.05) is 19.8 Å². The molecular formula is C23H34N4O6S. The zero-order valence-corrected chi connectivity index (χ0v) is 20.4. The van der Waals surface area contributed by atoms with E-state index >= 15 is 0 Å². The number of piperazine rings is 1. The monoisotopic (exact) mass is 494 g/mol. The number of ether oxygens (including phenoxy) is 2. The number of amides is 3. The summed E-state index contributed by atoms with van der Waals surface area (Å²) in [5.41, 5.74) is 0. The summed E-state index contributed by atoms with van der Waals surface area (Å²) < 4.78 is 38.9. The van der Waals surface area contributed by atoms with E-state index in [1.165, 1.54) is 22.9 Å². The van der Waals surface area contributed by atoms with Crippen LogP contribution in [-0.2, 0) is 14.8 Å². The summed E-state index contributed by atoms with van der Waals surface area (Å²) in [7, 11) is -3.69. The molecule has 188 valence electrons. The van der Waals surface area contributed by atoms with Crippen LogP contribution >= 0.6 is 0 Å². The molecule has 1 saturated heterocycles. The van der Waals surface area contributed by atoms with Gasteiger partial charge >= 0.3 is 6.03 Å². The van der Waals surface area contributed by atoms with Gasteiger partial charge in [0.25, 0.3) is 0 Å². The van der Waals surface area contributed by atoms with Gasteiger partial charge < -0.3 is 14.8 Å². The summed E-state index contributed by atoms with van der Waals surface area (Å²) in [4.78, 5) is 26.6. The molecule has 2 N–H and O–H groups in total. The number of hydrogen-bond acceptors (Lipinski definition) is 7. The predicted molar refractivity (Wildman–Crippen MR) is 125 cm³/mol. The van der Waals surface area contributed by atoms with E-state index in [9.17, 15) is 18.0 Å². The SMILES string of the molecule is C[C@H]1CCCC[C@@H]1NC(=O)NC(=O)CN1CCN(S(=O)(=O)c2ccc3c(c2)OCCCO3)CC1. The second-order valence-corrected chi connectivity index (χ2v) is 11.2. The third-order valence-electron chi connectivity index (χ3n) is 6.74. The largest absolute Gasteiger partial charge is 0.490 e. The van der Waals surface area contributed by atoms with E-state index in [2.05, 4.69) is 17.6 Å². The number of carbonyl (C=O) groups is 2. The van der Waals surface area contributed by atoms with Gasteiger partial charge in [-0.25, -0.2) is 13.2 Å². The molecular weight excluding hydrogens is 460 g/mol. The first-order valence-electron chi connectivity index (χ1n) is 12.1. The lowest BCUT2D eigenvalue weighted by molar-refractivity contribution is -0.121. The zero-order valence-electron chi connectivity index (χ0n) is 19.6. The van der Waals surface area contributed by atoms with Crippen LogP contribution in [0.25, 0.3) is 0 Å². The molecule has 2 aliphatic heterocycles. The van der Waals surface area contributed by atoms with Crippen molar-refractivity contribution in [2.24, 2.45) is 5.92 Å². The Bertz CT molecular complexity index is 993. The van der Waals surface area contributed by atoms with Gasteiger partial charge in [-0.2, -0.15) is 4.31 Å². The fourth-order valence-corrected chi connectivity index (χ4v) is 6.12. The van der Waals surface area contributed by atoms with Crippen LogP contribution in [0.2, 0.25) is 0 Å². The molecule has 2 atom stereocenters. The molecule has 1 saturated carbocycles. The van der Waals surface area contributed by atoms with Crippen molar-refractivity contribution in [2.45, 2.75) is 50.0 Å². The average molecular weight is 495 g/mol. The molecule has 10 nitrogen and oxygen atoms in total. The quantitative estimate of drug-likeness (QED) is 0.638. The summed E-state index contributed by atoms with van der Waals surface area (Å²) >= 11 is 0. The first kappa shape index (κ1) is 24.7. The highest BCUT2D eigenvalue weighted by Crippen LogP contribution is 2.33. The number of nitrogens with one attached hydrogen (secondary N) is 2. The van der Waals surface area contributed by atoms with Gasteiger partial charge in [0.15, 0.2) is 11.5 Å². The Morgan fingerprint density at radius 3 is 2.44 bits per heavy atom. The minimum Gasteiger partial charge on any atom is -0.490 e. The van der Waals surface area contributed by atoms with Crippen molar-refractivity contribution in [3.63, 3.8) is 0 Å². The average Bonchev–Trinajstić information content (AvgIpc) is 3.06. The Balaban J connectivity index is 1.26. The molecule has 3 amide bonds. The van der Waals surface area contributed by atoms with Crippen LogP contribution < -0.4 is 20.1 Å². The lowest BCUT2D eigenvalue weighted by Crippen LogP contribution is -2.53. The number of nitrogens with zero attached hydrogens (tertiary/aromatic N) is 2. The Morgan fingerprint density at radius 1 is 1.00 bits per heavy atom. The van der Waals surface area contributed by atoms with Gasteiger partial charge in [0.1, 0.15) is 0 Å². The lowest BCUT2D eigenvalue weighted by atomic mass is 9.86. The zero-order chi connectivity index (χ0) is 24.1. The Labute approximate surface area is 201 Å². The number of imide groups is 1. The molecule has 0 unspecified atom stereocenters. The van der Waals surface area contributed by atoms with Crippen molar-refractivity contribution < 1.29 is 27.5 Å². The molecule has 2 heterocycles. The normalized spacial score (nSPS) is 24.1. The number of benzene rings is 1. The van der Waals surface area contributed by atoms with E-state index in [1.807, 2.05) is 4.90 Å². The molecule has 1 aromatic rings. The number of carbonyl (C=O) groups excluding carboxylic acids is 2. The maximum Gasteiger partial charge on any atom is 0.321 e. The first-order valence-corrected chi connectivity index (χ1v) is 13.5. The van der Waals surface area contributed by atoms with Gasteiger partial charge in [-0.05, 0) is 30.9 Å². The standard InChI is InChI=1S/C23H34N4O6S/c1-17-5-2-3-6-19(17)24-23(29)25-22(28)16-26-9-11-27(12-10-26)34(30,31)18-7-8-20-21(15-18)33-14-4-13-32-20/h7-8,15,17,19H,2-6,9-14,16H2,1H3,(H2,24,25,28,29)/t17-,19-/m0/s1. The highest BCUT2D eigenvalue weighted by Gasteiger charge is 2.30. The first-order chi connectivity index (χ1) is 16.3. The molecule has 0 bridgehead atoms. The smallest absolute Gasteiger partial charge is 0.321 e. The van der Waals surface area contributed by atoms with Crippen LogP contribution in [0.5, 0.6) is 11.5 Å². The minimum absolute atomic E-state index is 0.0472. The van der Waals surface area contributed by atoms with Crippen molar-refractivity contribution >= 4 is 22.0 Å². The minimum atomic E-state index is -3.69. The number of urea groups is 1. The third-order valence-corrected chi connectivity index (χ3v) is 8.63. The molecule has 34 heavy (non-hydrogen) atoms. The van der Waals surface area contributed by atoms with Gasteiger partial charge in [-0.15, -0.1) is 0 Å². The summed E-state index contributed by atoms with van der Waals surface area (Å²) in [6.07, 6.45) is 5.02. The Kier molecular flexibility index (Phi) is 7.95. The van der Waals surface area contributed by atoms with E-state index in [4.69, 9.17) is 9.47 Å². The molecule has 4 rings (SSSR count). The molecule has 0 radical (unpaired) electrons. The van der Waals surface area contributed by atoms with Crippen LogP contribution in [0, 0.1) is 5.92 Å². The topological polar surface area (TPSA) is 117 Å². The van der Waals surface area contributed by atoms with Crippen molar-refractivity contribution in [3.8, 4) is 11.5 Å². The third kappa shape index (κ3) is 6.00. The van der Waals surface area contributed by atoms with E-state index in [-0.39, 0.29) is 36.5 Å². The number of hydrogen-bond donors (Lipinski definition) is 2. The maximum atomic E-state index is 13.1. The van der Waals surface area contributed by atoms with E-state index in [1.54, 1.807) is 6.07 Å². The number of rotatable bonds is 5. The lowest BCUT2D eigenvalue weighted by Gasteiger charge is -2.33. The van der Waals surface area contributed by atoms with E-state index < -0.39 is 16.1 Å². The summed E-state index contributed by atoms with van der Waals surface area (Å²) in [5.74, 6) is 1.01. The molecule has 1 aliphatic carbocycles. The summed E-state index contributed by atoms with van der Waals surface area (Å²) in [6.45, 7) is 4.50. The molecule has 2 fully saturated rings. The number of fused-ring (bicyclic) bond motifs is 1. The Hall–Kier alpha value is -2.37. The highest BCUT2D eigenvalue weighted by atomic mass is 32.2. The fourth-order valence-electron chi connectivity index (χ4n) is 4.69. The number of sulfonamides is 1. The summed E-state index contributed by atoms with van der Waals surface area (Å²) in [6, 6.07) is 4.32. The second kappa shape index (κ2) is 10.9. The van der Waals surface area contributed by atoms with Gasteiger partial charge in [0.05, 0.1) is 24.7 Å². The van der Waals surface area contributed by atoms with Crippen molar-refractivity contribution in [2.75, 3.05) is 45.9 Å². The highest BCUT2D eigenvalue weighted by molar-refractivity contribution is 7.89. The van der Waals surface area contributed by atoms with Crippen molar-refractivity contribution in [1.82, 2.24) is 19.8 Å². The van der Waals surface area contributed by atoms with Gasteiger partial charge in [0.2, 0.25) is 15.9 Å². The molecule has 3 aliphatic rings. The van der Waals surface area contributed by atoms with E-state index in [0.29, 0.717) is 43.7 Å². The van der Waals surface area contributed by atoms with Crippen LogP contribution in [0.1, 0.15) is 39.0 Å². The summed E-state index contributed by atoms with van der Waals surface area (Å²) in [5, 5.41) is 5.32. The predicted octanol–water partition coefficient (Wildman–Crippen LogP) is 1.56. The van der Waals surface area contributed by atoms with Crippen molar-refractivity contribution in [3.05, 3.63) is 18.2 Å². The van der Waals surface area contributed by atoms with Crippen molar-refractivity contribution in [1.29, 1.82) is 0 Å². The Morgan fingerprint density at radius 2 is 1.71 bits per heavy atom. The fraction of sp³-hybridized carbons (Fsp3) is 0.652. The van der Waals surface area contributed by atoms with Crippen LogP contribution in [0.15, 0.2) is 23.1 Å². The van der Waals surface area contributed by atoms with Gasteiger partial charge in [0, 0.05) is 44.7 Å². The molecule has 0 aromatic heterocycles. The maximum absolute atomic E-state index is 13.1. The van der Waals surface area contributed by atoms with Gasteiger partial charge in [-0.3, -0.25) is 15.0 Å². The molecule has 0 spiro atoms. The van der Waals surface area contributed by atoms with Crippen LogP contribution in [-0.4, -0.2) is 81.5 Å². The van der Waals surface area contributed by atoms with Crippen LogP contribution in [0.3, 0.4) is 0 Å².